The number of anilines is 3. The van der Waals surface area contributed by atoms with Crippen molar-refractivity contribution in [3.8, 4) is 11.8 Å². The van der Waals surface area contributed by atoms with Crippen molar-refractivity contribution in [2.45, 2.75) is 89.6 Å². The third kappa shape index (κ3) is 8.25. The smallest absolute Gasteiger partial charge is 0.322 e. The van der Waals surface area contributed by atoms with Crippen LogP contribution in [-0.2, 0) is 9.59 Å². The SMILES string of the molecule is CC(C)N(CC1CCN(c2ccc(NC(=O)N3CCN(c4ccc(C#N)c5ncccc45)[C@@H](C)C3)cn2)CC1)C1CC(Oc2ccc3c(c2)C(=O)N(C2CCC(=O)NC2=O)C3=O)C1. The number of urea groups is 1. The summed E-state index contributed by atoms with van der Waals surface area (Å²) in [4.78, 5) is 83.0. The van der Waals surface area contributed by atoms with Gasteiger partial charge in [-0.15, -0.1) is 0 Å². The molecule has 1 saturated carbocycles. The van der Waals surface area contributed by atoms with Crippen LogP contribution >= 0.6 is 0 Å². The summed E-state index contributed by atoms with van der Waals surface area (Å²) in [6.07, 6.45) is 7.43. The lowest BCUT2D eigenvalue weighted by atomic mass is 9.85. The second-order valence-corrected chi connectivity index (χ2v) is 17.7. The van der Waals surface area contributed by atoms with Gasteiger partial charge in [-0.25, -0.2) is 9.78 Å². The molecule has 16 nitrogen and oxygen atoms in total. The molecule has 1 aliphatic carbocycles. The predicted molar refractivity (Wildman–Crippen MR) is 235 cm³/mol. The Morgan fingerprint density at radius 1 is 0.968 bits per heavy atom. The fourth-order valence-electron chi connectivity index (χ4n) is 9.89. The summed E-state index contributed by atoms with van der Waals surface area (Å²) in [5, 5.41) is 15.8. The van der Waals surface area contributed by atoms with Crippen molar-refractivity contribution in [2.75, 3.05) is 54.4 Å². The highest BCUT2D eigenvalue weighted by atomic mass is 16.5. The molecule has 3 saturated heterocycles. The molecule has 0 spiro atoms. The van der Waals surface area contributed by atoms with E-state index in [2.05, 4.69) is 57.2 Å². The monoisotopic (exact) mass is 852 g/mol. The van der Waals surface area contributed by atoms with E-state index >= 15 is 0 Å². The van der Waals surface area contributed by atoms with E-state index in [4.69, 9.17) is 9.72 Å². The number of amides is 6. The van der Waals surface area contributed by atoms with Gasteiger partial charge in [-0.3, -0.25) is 39.3 Å². The molecule has 5 aliphatic rings. The van der Waals surface area contributed by atoms with Crippen LogP contribution < -0.4 is 25.2 Å². The molecule has 9 rings (SSSR count). The number of nitrogens with one attached hydrogen (secondary N) is 2. The quantitative estimate of drug-likeness (QED) is 0.200. The number of hydrogen-bond donors (Lipinski definition) is 2. The molecule has 0 radical (unpaired) electrons. The topological polar surface area (TPSA) is 184 Å². The molecule has 326 valence electrons. The molecule has 0 bridgehead atoms. The summed E-state index contributed by atoms with van der Waals surface area (Å²) < 4.78 is 6.31. The second-order valence-electron chi connectivity index (χ2n) is 17.7. The Balaban J connectivity index is 0.724. The van der Waals surface area contributed by atoms with Crippen LogP contribution in [-0.4, -0.2) is 124 Å². The highest BCUT2D eigenvalue weighted by Crippen LogP contribution is 2.36. The fraction of sp³-hybridized carbons (Fsp3) is 0.447. The molecule has 2 aromatic heterocycles. The summed E-state index contributed by atoms with van der Waals surface area (Å²) in [5.41, 5.74) is 3.37. The Hall–Kier alpha value is -6.60. The number of carbonyl (C=O) groups is 5. The van der Waals surface area contributed by atoms with E-state index in [-0.39, 0.29) is 42.1 Å². The zero-order valence-electron chi connectivity index (χ0n) is 35.8. The van der Waals surface area contributed by atoms with Gasteiger partial charge in [-0.1, -0.05) is 0 Å². The van der Waals surface area contributed by atoms with Gasteiger partial charge in [-0.2, -0.15) is 5.26 Å². The number of carbonyl (C=O) groups excluding carboxylic acids is 5. The third-order valence-electron chi connectivity index (χ3n) is 13.4. The maximum Gasteiger partial charge on any atom is 0.322 e. The van der Waals surface area contributed by atoms with Gasteiger partial charge in [-0.05, 0) is 101 Å². The first kappa shape index (κ1) is 41.7. The minimum absolute atomic E-state index is 0.0127. The van der Waals surface area contributed by atoms with Crippen molar-refractivity contribution >= 4 is 57.8 Å². The zero-order chi connectivity index (χ0) is 43.9. The first-order valence-corrected chi connectivity index (χ1v) is 22.0. The number of nitriles is 1. The summed E-state index contributed by atoms with van der Waals surface area (Å²) in [6, 6.07) is 18.4. The molecule has 4 aliphatic heterocycles. The Labute approximate surface area is 366 Å². The summed E-state index contributed by atoms with van der Waals surface area (Å²) >= 11 is 0. The average Bonchev–Trinajstić information content (AvgIpc) is 3.51. The third-order valence-corrected chi connectivity index (χ3v) is 13.4. The maximum atomic E-state index is 13.4. The van der Waals surface area contributed by atoms with E-state index in [1.165, 1.54) is 0 Å². The van der Waals surface area contributed by atoms with Crippen molar-refractivity contribution in [1.82, 2.24) is 30.0 Å². The largest absolute Gasteiger partial charge is 0.490 e. The molecule has 2 atom stereocenters. The second kappa shape index (κ2) is 17.3. The van der Waals surface area contributed by atoms with Gasteiger partial charge in [0, 0.05) is 93.9 Å². The average molecular weight is 853 g/mol. The number of rotatable bonds is 10. The zero-order valence-corrected chi connectivity index (χ0v) is 35.8. The van der Waals surface area contributed by atoms with Crippen molar-refractivity contribution in [2.24, 2.45) is 5.92 Å². The molecule has 16 heteroatoms. The summed E-state index contributed by atoms with van der Waals surface area (Å²) in [7, 11) is 0. The molecular formula is C47H52N10O6. The van der Waals surface area contributed by atoms with Gasteiger partial charge in [0.25, 0.3) is 11.8 Å². The van der Waals surface area contributed by atoms with Crippen LogP contribution in [0.4, 0.5) is 22.0 Å². The number of pyridine rings is 2. The van der Waals surface area contributed by atoms with Gasteiger partial charge in [0.2, 0.25) is 11.8 Å². The molecule has 2 aromatic carbocycles. The Morgan fingerprint density at radius 2 is 1.76 bits per heavy atom. The van der Waals surface area contributed by atoms with E-state index in [0.29, 0.717) is 60.2 Å². The molecule has 6 amide bonds. The van der Waals surface area contributed by atoms with Crippen LogP contribution in [0.3, 0.4) is 0 Å². The highest BCUT2D eigenvalue weighted by Gasteiger charge is 2.45. The minimum atomic E-state index is -1.00. The first-order valence-electron chi connectivity index (χ1n) is 22.0. The number of ether oxygens (including phenoxy) is 1. The van der Waals surface area contributed by atoms with Crippen LogP contribution in [0.2, 0.25) is 0 Å². The summed E-state index contributed by atoms with van der Waals surface area (Å²) in [5.74, 6) is -0.133. The lowest BCUT2D eigenvalue weighted by Crippen LogP contribution is -2.54. The lowest BCUT2D eigenvalue weighted by molar-refractivity contribution is -0.136. The number of aromatic nitrogens is 2. The van der Waals surface area contributed by atoms with Crippen molar-refractivity contribution in [3.05, 3.63) is 83.7 Å². The molecule has 2 N–H and O–H groups in total. The van der Waals surface area contributed by atoms with E-state index in [0.717, 1.165) is 67.1 Å². The fourth-order valence-corrected chi connectivity index (χ4v) is 9.89. The number of piperidine rings is 2. The molecule has 4 fully saturated rings. The molecule has 63 heavy (non-hydrogen) atoms. The van der Waals surface area contributed by atoms with Crippen LogP contribution in [0.25, 0.3) is 10.9 Å². The number of imide groups is 2. The van der Waals surface area contributed by atoms with Gasteiger partial charge < -0.3 is 24.8 Å². The van der Waals surface area contributed by atoms with Crippen molar-refractivity contribution < 1.29 is 28.7 Å². The number of hydrogen-bond acceptors (Lipinski definition) is 12. The van der Waals surface area contributed by atoms with E-state index < -0.39 is 29.7 Å². The molecule has 1 unspecified atom stereocenters. The van der Waals surface area contributed by atoms with Gasteiger partial charge in [0.15, 0.2) is 0 Å². The van der Waals surface area contributed by atoms with Crippen molar-refractivity contribution in [1.29, 1.82) is 5.26 Å². The molecular weight excluding hydrogens is 801 g/mol. The maximum absolute atomic E-state index is 13.4. The Kier molecular flexibility index (Phi) is 11.4. The van der Waals surface area contributed by atoms with Gasteiger partial charge >= 0.3 is 6.03 Å². The van der Waals surface area contributed by atoms with Crippen LogP contribution in [0.5, 0.6) is 5.75 Å². The van der Waals surface area contributed by atoms with Gasteiger partial charge in [0.1, 0.15) is 29.8 Å². The van der Waals surface area contributed by atoms with Gasteiger partial charge in [0.05, 0.1) is 34.1 Å². The minimum Gasteiger partial charge on any atom is -0.490 e. The number of fused-ring (bicyclic) bond motifs is 2. The number of benzene rings is 2. The van der Waals surface area contributed by atoms with Crippen LogP contribution in [0, 0.1) is 17.2 Å². The van der Waals surface area contributed by atoms with Crippen LogP contribution in [0.15, 0.2) is 67.0 Å². The number of nitrogens with zero attached hydrogens (tertiary/aromatic N) is 8. The predicted octanol–water partition coefficient (Wildman–Crippen LogP) is 5.18. The lowest BCUT2D eigenvalue weighted by Gasteiger charge is -2.46. The van der Waals surface area contributed by atoms with E-state index in [9.17, 15) is 29.2 Å². The van der Waals surface area contributed by atoms with E-state index in [1.54, 1.807) is 30.6 Å². The molecule has 6 heterocycles. The highest BCUT2D eigenvalue weighted by molar-refractivity contribution is 6.23. The van der Waals surface area contributed by atoms with Crippen LogP contribution in [0.1, 0.15) is 85.6 Å². The Bertz CT molecular complexity index is 2490. The molecule has 4 aromatic rings. The standard InChI is InChI=1S/C47H52N10O6/c1-28(2)56(33-21-35(22-33)63-34-8-9-36-38(23-34)46(61)57(45(36)60)40-11-13-42(58)52-44(40)59)27-30-14-17-53(18-15-30)41-12-7-32(25-50-41)51-47(62)54-19-20-55(29(3)26-54)39-10-6-31(24-48)43-37(39)5-4-16-49-43/h4-10,12,16,23,25,28-30,33,35,40H,11,13-15,17-22,26-27H2,1-3H3,(H,51,62)(H,52,58,59)/t29-,33?,35?,40?/m0/s1. The normalized spacial score (nSPS) is 22.9. The van der Waals surface area contributed by atoms with E-state index in [1.807, 2.05) is 41.3 Å². The number of piperazine rings is 1. The van der Waals surface area contributed by atoms with Crippen molar-refractivity contribution in [3.63, 3.8) is 0 Å². The Morgan fingerprint density at radius 3 is 2.48 bits per heavy atom. The summed E-state index contributed by atoms with van der Waals surface area (Å²) in [6.45, 7) is 11.2. The first-order chi connectivity index (χ1) is 30.4.